The van der Waals surface area contributed by atoms with Crippen LogP contribution in [0.1, 0.15) is 55.3 Å². The number of aryl methyl sites for hydroxylation is 1. The van der Waals surface area contributed by atoms with E-state index in [4.69, 9.17) is 4.52 Å². The minimum absolute atomic E-state index is 0.324. The fraction of sp³-hybridized carbons (Fsp3) is 0.529. The van der Waals surface area contributed by atoms with Crippen LogP contribution in [0.15, 0.2) is 27.6 Å². The molecule has 6 nitrogen and oxygen atoms in total. The lowest BCUT2D eigenvalue weighted by Gasteiger charge is -2.17. The van der Waals surface area contributed by atoms with E-state index < -0.39 is 9.84 Å². The minimum atomic E-state index is -3.19. The maximum Gasteiger partial charge on any atom is 0.229 e. The van der Waals surface area contributed by atoms with E-state index in [0.717, 1.165) is 30.0 Å². The molecule has 1 N–H and O–H groups in total. The molecule has 1 heterocycles. The molecule has 1 aliphatic carbocycles. The molecule has 0 unspecified atom stereocenters. The van der Waals surface area contributed by atoms with Gasteiger partial charge in [0.05, 0.1) is 11.4 Å². The zero-order valence-corrected chi connectivity index (χ0v) is 14.9. The van der Waals surface area contributed by atoms with E-state index in [9.17, 15) is 8.42 Å². The summed E-state index contributed by atoms with van der Waals surface area (Å²) in [6, 6.07) is 5.05. The van der Waals surface area contributed by atoms with Gasteiger partial charge < -0.3 is 9.84 Å². The molecule has 0 amide bonds. The Hall–Kier alpha value is -1.89. The maximum absolute atomic E-state index is 11.6. The summed E-state index contributed by atoms with van der Waals surface area (Å²) in [5.74, 6) is 1.77. The van der Waals surface area contributed by atoms with Crippen molar-refractivity contribution in [3.05, 3.63) is 35.5 Å². The van der Waals surface area contributed by atoms with Gasteiger partial charge >= 0.3 is 0 Å². The topological polar surface area (TPSA) is 85.1 Å². The summed E-state index contributed by atoms with van der Waals surface area (Å²) in [5, 5.41) is 7.29. The van der Waals surface area contributed by atoms with E-state index in [1.165, 1.54) is 25.5 Å². The van der Waals surface area contributed by atoms with Gasteiger partial charge in [0.25, 0.3) is 0 Å². The zero-order chi connectivity index (χ0) is 17.2. The van der Waals surface area contributed by atoms with Crippen LogP contribution in [0.5, 0.6) is 0 Å². The molecule has 24 heavy (non-hydrogen) atoms. The Labute approximate surface area is 142 Å². The molecule has 2 aromatic rings. The number of hydrogen-bond acceptors (Lipinski definition) is 6. The largest absolute Gasteiger partial charge is 0.377 e. The molecule has 1 saturated carbocycles. The van der Waals surface area contributed by atoms with Crippen LogP contribution in [0.2, 0.25) is 0 Å². The van der Waals surface area contributed by atoms with Crippen molar-refractivity contribution in [3.63, 3.8) is 0 Å². The summed E-state index contributed by atoms with van der Waals surface area (Å²) in [6.07, 6.45) is 7.21. The van der Waals surface area contributed by atoms with Gasteiger partial charge in [0.2, 0.25) is 5.89 Å². The Balaban J connectivity index is 1.65. The molecule has 1 fully saturated rings. The average Bonchev–Trinajstić information content (AvgIpc) is 3.02. The second kappa shape index (κ2) is 6.93. The highest BCUT2D eigenvalue weighted by atomic mass is 32.2. The van der Waals surface area contributed by atoms with Gasteiger partial charge in [-0.15, -0.1) is 0 Å². The third-order valence-electron chi connectivity index (χ3n) is 4.50. The van der Waals surface area contributed by atoms with Crippen LogP contribution < -0.4 is 5.32 Å². The van der Waals surface area contributed by atoms with Crippen LogP contribution in [0.25, 0.3) is 0 Å². The van der Waals surface area contributed by atoms with Gasteiger partial charge in [0.15, 0.2) is 15.7 Å². The van der Waals surface area contributed by atoms with Crippen LogP contribution in [-0.4, -0.2) is 24.8 Å². The fourth-order valence-corrected chi connectivity index (χ4v) is 3.80. The fourth-order valence-electron chi connectivity index (χ4n) is 3.09. The van der Waals surface area contributed by atoms with Crippen molar-refractivity contribution in [1.29, 1.82) is 0 Å². The van der Waals surface area contributed by atoms with Gasteiger partial charge in [0, 0.05) is 17.9 Å². The molecule has 7 heteroatoms. The molecular formula is C17H23N3O3S. The normalized spacial score (nSPS) is 16.2. The van der Waals surface area contributed by atoms with Crippen molar-refractivity contribution in [2.24, 2.45) is 0 Å². The lowest BCUT2D eigenvalue weighted by molar-refractivity contribution is 0.312. The lowest BCUT2D eigenvalue weighted by Crippen LogP contribution is -2.06. The Kier molecular flexibility index (Phi) is 4.89. The van der Waals surface area contributed by atoms with Crippen molar-refractivity contribution >= 4 is 15.5 Å². The number of sulfone groups is 1. The summed E-state index contributed by atoms with van der Waals surface area (Å²) in [6.45, 7) is 2.33. The molecule has 0 bridgehead atoms. The van der Waals surface area contributed by atoms with Crippen LogP contribution in [0.3, 0.4) is 0 Å². The summed E-state index contributed by atoms with van der Waals surface area (Å²) in [5.41, 5.74) is 1.74. The van der Waals surface area contributed by atoms with Crippen molar-refractivity contribution in [1.82, 2.24) is 10.1 Å². The van der Waals surface area contributed by atoms with Gasteiger partial charge in [0.1, 0.15) is 0 Å². The van der Waals surface area contributed by atoms with Gasteiger partial charge in [-0.25, -0.2) is 8.42 Å². The molecule has 1 aromatic carbocycles. The first kappa shape index (κ1) is 17.0. The Morgan fingerprint density at radius 1 is 1.25 bits per heavy atom. The molecule has 1 aliphatic rings. The number of rotatable bonds is 5. The highest BCUT2D eigenvalue weighted by molar-refractivity contribution is 7.90. The number of nitrogens with zero attached hydrogens (tertiary/aromatic N) is 2. The predicted octanol–water partition coefficient (Wildman–Crippen LogP) is 3.44. The molecule has 0 saturated heterocycles. The molecule has 130 valence electrons. The van der Waals surface area contributed by atoms with Crippen LogP contribution in [0.4, 0.5) is 5.69 Å². The van der Waals surface area contributed by atoms with Crippen LogP contribution in [-0.2, 0) is 16.4 Å². The monoisotopic (exact) mass is 349 g/mol. The predicted molar refractivity (Wildman–Crippen MR) is 91.7 cm³/mol. The standard InChI is InChI=1S/C17H23N3O3S/c1-12-10-14(24(2,21)22)8-9-15(12)18-11-16-19-17(23-20-16)13-6-4-3-5-7-13/h8-10,13,18H,3-7,11H2,1-2H3. The summed E-state index contributed by atoms with van der Waals surface area (Å²) >= 11 is 0. The Morgan fingerprint density at radius 2 is 2.00 bits per heavy atom. The summed E-state index contributed by atoms with van der Waals surface area (Å²) < 4.78 is 28.6. The third kappa shape index (κ3) is 3.95. The van der Waals surface area contributed by atoms with Crippen molar-refractivity contribution in [2.75, 3.05) is 11.6 Å². The van der Waals surface area contributed by atoms with Gasteiger partial charge in [-0.1, -0.05) is 24.4 Å². The van der Waals surface area contributed by atoms with Crippen molar-refractivity contribution in [2.45, 2.75) is 56.4 Å². The van der Waals surface area contributed by atoms with E-state index in [1.54, 1.807) is 18.2 Å². The molecule has 0 atom stereocenters. The van der Waals surface area contributed by atoms with E-state index in [2.05, 4.69) is 15.5 Å². The first-order chi connectivity index (χ1) is 11.4. The highest BCUT2D eigenvalue weighted by Crippen LogP contribution is 2.31. The van der Waals surface area contributed by atoms with E-state index in [-0.39, 0.29) is 0 Å². The Bertz CT molecular complexity index is 808. The van der Waals surface area contributed by atoms with Crippen molar-refractivity contribution < 1.29 is 12.9 Å². The molecule has 0 radical (unpaired) electrons. The third-order valence-corrected chi connectivity index (χ3v) is 5.61. The number of aromatic nitrogens is 2. The van der Waals surface area contributed by atoms with E-state index in [0.29, 0.717) is 23.2 Å². The molecule has 3 rings (SSSR count). The molecular weight excluding hydrogens is 326 g/mol. The van der Waals surface area contributed by atoms with Crippen molar-refractivity contribution in [3.8, 4) is 0 Å². The summed E-state index contributed by atoms with van der Waals surface area (Å²) in [4.78, 5) is 4.82. The second-order valence-electron chi connectivity index (χ2n) is 6.49. The van der Waals surface area contributed by atoms with Crippen LogP contribution >= 0.6 is 0 Å². The van der Waals surface area contributed by atoms with Gasteiger partial charge in [-0.3, -0.25) is 0 Å². The van der Waals surface area contributed by atoms with Gasteiger partial charge in [-0.05, 0) is 43.5 Å². The number of nitrogens with one attached hydrogen (secondary N) is 1. The zero-order valence-electron chi connectivity index (χ0n) is 14.1. The number of anilines is 1. The minimum Gasteiger partial charge on any atom is -0.377 e. The lowest BCUT2D eigenvalue weighted by atomic mass is 9.89. The first-order valence-electron chi connectivity index (χ1n) is 8.30. The number of benzene rings is 1. The van der Waals surface area contributed by atoms with Gasteiger partial charge in [-0.2, -0.15) is 4.98 Å². The molecule has 0 spiro atoms. The van der Waals surface area contributed by atoms with E-state index >= 15 is 0 Å². The Morgan fingerprint density at radius 3 is 2.67 bits per heavy atom. The number of hydrogen-bond donors (Lipinski definition) is 1. The average molecular weight is 349 g/mol. The quantitative estimate of drug-likeness (QED) is 0.890. The summed E-state index contributed by atoms with van der Waals surface area (Å²) in [7, 11) is -3.19. The SMILES string of the molecule is Cc1cc(S(C)(=O)=O)ccc1NCc1noc(C2CCCCC2)n1. The van der Waals surface area contributed by atoms with E-state index in [1.807, 2.05) is 6.92 Å². The second-order valence-corrected chi connectivity index (χ2v) is 8.50. The maximum atomic E-state index is 11.6. The first-order valence-corrected chi connectivity index (χ1v) is 10.2. The molecule has 1 aromatic heterocycles. The molecule has 0 aliphatic heterocycles. The van der Waals surface area contributed by atoms with Crippen LogP contribution in [0, 0.1) is 6.92 Å². The highest BCUT2D eigenvalue weighted by Gasteiger charge is 2.21. The smallest absolute Gasteiger partial charge is 0.229 e.